The van der Waals surface area contributed by atoms with Crippen LogP contribution in [0.15, 0.2) is 36.7 Å². The maximum Gasteiger partial charge on any atom is 0.274 e. The highest BCUT2D eigenvalue weighted by molar-refractivity contribution is 5.39. The molecule has 0 radical (unpaired) electrons. The first-order valence-electron chi connectivity index (χ1n) is 4.34. The summed E-state index contributed by atoms with van der Waals surface area (Å²) in [5, 5.41) is 18.5. The maximum atomic E-state index is 10.7. The van der Waals surface area contributed by atoms with E-state index in [1.165, 1.54) is 23.3 Å². The zero-order valence-corrected chi connectivity index (χ0v) is 7.78. The summed E-state index contributed by atoms with van der Waals surface area (Å²) in [7, 11) is 0. The maximum absolute atomic E-state index is 10.7. The standard InChI is InChI=1S/C9H8N4O2/c14-13(15)9-4-2-1-3-8(9)7-12-10-5-6-11-12/h1-6H,7H2. The molecule has 15 heavy (non-hydrogen) atoms. The summed E-state index contributed by atoms with van der Waals surface area (Å²) < 4.78 is 0. The van der Waals surface area contributed by atoms with Gasteiger partial charge in [-0.05, 0) is 0 Å². The number of benzene rings is 1. The Hall–Kier alpha value is -2.24. The van der Waals surface area contributed by atoms with Gasteiger partial charge >= 0.3 is 0 Å². The fourth-order valence-corrected chi connectivity index (χ4v) is 1.30. The van der Waals surface area contributed by atoms with Crippen molar-refractivity contribution < 1.29 is 4.92 Å². The average Bonchev–Trinajstić information content (AvgIpc) is 2.71. The summed E-state index contributed by atoms with van der Waals surface area (Å²) in [4.78, 5) is 11.7. The lowest BCUT2D eigenvalue weighted by molar-refractivity contribution is -0.385. The van der Waals surface area contributed by atoms with Crippen molar-refractivity contribution in [3.8, 4) is 0 Å². The largest absolute Gasteiger partial charge is 0.274 e. The minimum Gasteiger partial charge on any atom is -0.258 e. The van der Waals surface area contributed by atoms with E-state index in [1.807, 2.05) is 0 Å². The number of aromatic nitrogens is 3. The first-order chi connectivity index (χ1) is 7.27. The van der Waals surface area contributed by atoms with Crippen molar-refractivity contribution in [2.75, 3.05) is 0 Å². The molecule has 0 aliphatic heterocycles. The van der Waals surface area contributed by atoms with Gasteiger partial charge in [0.25, 0.3) is 5.69 Å². The van der Waals surface area contributed by atoms with E-state index in [-0.39, 0.29) is 5.69 Å². The van der Waals surface area contributed by atoms with Gasteiger partial charge in [-0.3, -0.25) is 10.1 Å². The first-order valence-corrected chi connectivity index (χ1v) is 4.34. The van der Waals surface area contributed by atoms with Crippen molar-refractivity contribution in [1.29, 1.82) is 0 Å². The average molecular weight is 204 g/mol. The third-order valence-corrected chi connectivity index (χ3v) is 1.97. The Morgan fingerprint density at radius 3 is 2.60 bits per heavy atom. The smallest absolute Gasteiger partial charge is 0.258 e. The van der Waals surface area contributed by atoms with Gasteiger partial charge in [-0.1, -0.05) is 18.2 Å². The van der Waals surface area contributed by atoms with Crippen molar-refractivity contribution in [2.24, 2.45) is 0 Å². The van der Waals surface area contributed by atoms with Gasteiger partial charge in [-0.2, -0.15) is 15.0 Å². The summed E-state index contributed by atoms with van der Waals surface area (Å²) >= 11 is 0. The number of hydrogen-bond donors (Lipinski definition) is 0. The SMILES string of the molecule is O=[N+]([O-])c1ccccc1Cn1nccn1. The van der Waals surface area contributed by atoms with Gasteiger partial charge in [0.1, 0.15) is 0 Å². The van der Waals surface area contributed by atoms with Crippen molar-refractivity contribution in [2.45, 2.75) is 6.54 Å². The highest BCUT2D eigenvalue weighted by atomic mass is 16.6. The normalized spacial score (nSPS) is 10.1. The van der Waals surface area contributed by atoms with Crippen molar-refractivity contribution >= 4 is 5.69 Å². The van der Waals surface area contributed by atoms with Gasteiger partial charge in [-0.25, -0.2) is 0 Å². The van der Waals surface area contributed by atoms with Gasteiger partial charge in [-0.15, -0.1) is 0 Å². The Morgan fingerprint density at radius 1 is 1.27 bits per heavy atom. The topological polar surface area (TPSA) is 73.8 Å². The van der Waals surface area contributed by atoms with E-state index >= 15 is 0 Å². The van der Waals surface area contributed by atoms with E-state index in [0.29, 0.717) is 12.1 Å². The summed E-state index contributed by atoms with van der Waals surface area (Å²) in [5.41, 5.74) is 0.688. The Labute approximate surface area is 85.3 Å². The molecule has 76 valence electrons. The van der Waals surface area contributed by atoms with Crippen LogP contribution < -0.4 is 0 Å². The zero-order valence-electron chi connectivity index (χ0n) is 7.78. The molecular weight excluding hydrogens is 196 g/mol. The van der Waals surface area contributed by atoms with E-state index in [2.05, 4.69) is 10.2 Å². The number of para-hydroxylation sites is 1. The fraction of sp³-hybridized carbons (Fsp3) is 0.111. The van der Waals surface area contributed by atoms with Gasteiger partial charge in [0.05, 0.1) is 29.4 Å². The summed E-state index contributed by atoms with van der Waals surface area (Å²) in [5.74, 6) is 0. The quantitative estimate of drug-likeness (QED) is 0.556. The predicted molar refractivity (Wildman–Crippen MR) is 52.2 cm³/mol. The highest BCUT2D eigenvalue weighted by Crippen LogP contribution is 2.17. The second kappa shape index (κ2) is 3.87. The van der Waals surface area contributed by atoms with Crippen LogP contribution in [0.3, 0.4) is 0 Å². The molecule has 1 aromatic heterocycles. The Balaban J connectivity index is 2.32. The van der Waals surface area contributed by atoms with E-state index in [4.69, 9.17) is 0 Å². The molecule has 6 nitrogen and oxygen atoms in total. The van der Waals surface area contributed by atoms with Crippen LogP contribution in [0.2, 0.25) is 0 Å². The van der Waals surface area contributed by atoms with Crippen molar-refractivity contribution in [3.05, 3.63) is 52.3 Å². The van der Waals surface area contributed by atoms with Crippen molar-refractivity contribution in [1.82, 2.24) is 15.0 Å². The molecule has 6 heteroatoms. The zero-order chi connectivity index (χ0) is 10.7. The second-order valence-electron chi connectivity index (χ2n) is 2.95. The monoisotopic (exact) mass is 204 g/mol. The van der Waals surface area contributed by atoms with Crippen LogP contribution in [0.5, 0.6) is 0 Å². The van der Waals surface area contributed by atoms with Crippen molar-refractivity contribution in [3.63, 3.8) is 0 Å². The summed E-state index contributed by atoms with van der Waals surface area (Å²) in [6.07, 6.45) is 3.07. The van der Waals surface area contributed by atoms with Crippen LogP contribution in [0.25, 0.3) is 0 Å². The molecule has 0 atom stereocenters. The minimum atomic E-state index is -0.404. The Bertz CT molecular complexity index is 467. The Morgan fingerprint density at radius 2 is 1.93 bits per heavy atom. The second-order valence-corrected chi connectivity index (χ2v) is 2.95. The van der Waals surface area contributed by atoms with E-state index < -0.39 is 4.92 Å². The highest BCUT2D eigenvalue weighted by Gasteiger charge is 2.12. The van der Waals surface area contributed by atoms with E-state index in [9.17, 15) is 10.1 Å². The van der Waals surface area contributed by atoms with Crippen LogP contribution in [-0.4, -0.2) is 19.9 Å². The lowest BCUT2D eigenvalue weighted by Gasteiger charge is -2.01. The predicted octanol–water partition coefficient (Wildman–Crippen LogP) is 1.23. The molecule has 0 aliphatic rings. The van der Waals surface area contributed by atoms with Crippen LogP contribution in [0.1, 0.15) is 5.56 Å². The van der Waals surface area contributed by atoms with Crippen LogP contribution in [0, 0.1) is 10.1 Å². The van der Waals surface area contributed by atoms with Crippen LogP contribution in [0.4, 0.5) is 5.69 Å². The molecule has 2 rings (SSSR count). The molecule has 0 amide bonds. The molecule has 2 aromatic rings. The van der Waals surface area contributed by atoms with Gasteiger partial charge < -0.3 is 0 Å². The molecule has 0 spiro atoms. The number of nitro groups is 1. The molecule has 0 saturated heterocycles. The summed E-state index contributed by atoms with van der Waals surface area (Å²) in [6, 6.07) is 6.56. The molecule has 0 unspecified atom stereocenters. The minimum absolute atomic E-state index is 0.0924. The van der Waals surface area contributed by atoms with Crippen LogP contribution >= 0.6 is 0 Å². The summed E-state index contributed by atoms with van der Waals surface area (Å²) in [6.45, 7) is 0.310. The molecular formula is C9H8N4O2. The molecule has 0 fully saturated rings. The molecule has 0 aliphatic carbocycles. The third-order valence-electron chi connectivity index (χ3n) is 1.97. The molecule has 0 saturated carbocycles. The third kappa shape index (κ3) is 1.98. The molecule has 0 N–H and O–H groups in total. The van der Waals surface area contributed by atoms with Crippen LogP contribution in [-0.2, 0) is 6.54 Å². The number of nitrogens with zero attached hydrogens (tertiary/aromatic N) is 4. The van der Waals surface area contributed by atoms with E-state index in [0.717, 1.165) is 0 Å². The lowest BCUT2D eigenvalue weighted by atomic mass is 10.2. The van der Waals surface area contributed by atoms with Gasteiger partial charge in [0, 0.05) is 6.07 Å². The number of hydrogen-bond acceptors (Lipinski definition) is 4. The van der Waals surface area contributed by atoms with Gasteiger partial charge in [0.15, 0.2) is 0 Å². The number of nitro benzene ring substituents is 1. The fourth-order valence-electron chi connectivity index (χ4n) is 1.30. The molecule has 1 heterocycles. The molecule has 0 bridgehead atoms. The number of rotatable bonds is 3. The van der Waals surface area contributed by atoms with Gasteiger partial charge in [0.2, 0.25) is 0 Å². The Kier molecular flexibility index (Phi) is 2.40. The first kappa shape index (κ1) is 9.32. The molecule has 1 aromatic carbocycles. The van der Waals surface area contributed by atoms with E-state index in [1.54, 1.807) is 18.2 Å². The lowest BCUT2D eigenvalue weighted by Crippen LogP contribution is -2.05.